The monoisotopic (exact) mass is 418 g/mol. The van der Waals surface area contributed by atoms with Gasteiger partial charge in [-0.2, -0.15) is 0 Å². The Balaban J connectivity index is 1.84. The quantitative estimate of drug-likeness (QED) is 0.670. The molecule has 0 unspecified atom stereocenters. The highest BCUT2D eigenvalue weighted by Gasteiger charge is 2.11. The van der Waals surface area contributed by atoms with Gasteiger partial charge in [0.25, 0.3) is 0 Å². The van der Waals surface area contributed by atoms with E-state index in [1.54, 1.807) is 0 Å². The molecule has 1 aliphatic heterocycles. The molecule has 1 heterocycles. The largest absolute Gasteiger partial charge is 0.492 e. The molecule has 0 bridgehead atoms. The number of hydrogen-bond acceptors (Lipinski definition) is 3. The minimum Gasteiger partial charge on any atom is -0.492 e. The zero-order valence-electron chi connectivity index (χ0n) is 12.6. The lowest BCUT2D eigenvalue weighted by Gasteiger charge is -2.26. The van der Waals surface area contributed by atoms with Gasteiger partial charge < -0.3 is 15.0 Å². The Kier molecular flexibility index (Phi) is 7.50. The van der Waals surface area contributed by atoms with Crippen LogP contribution in [0.3, 0.4) is 0 Å². The number of nitrogens with one attached hydrogen (secondary N) is 1. The van der Waals surface area contributed by atoms with E-state index in [0.29, 0.717) is 6.61 Å². The lowest BCUT2D eigenvalue weighted by atomic mass is 10.1. The molecule has 0 radical (unpaired) electrons. The molecule has 1 saturated heterocycles. The van der Waals surface area contributed by atoms with E-state index < -0.39 is 0 Å². The van der Waals surface area contributed by atoms with Crippen LogP contribution >= 0.6 is 31.9 Å². The summed E-state index contributed by atoms with van der Waals surface area (Å²) >= 11 is 7.13. The molecule has 0 aliphatic carbocycles. The van der Waals surface area contributed by atoms with Crippen LogP contribution in [0.5, 0.6) is 5.75 Å². The van der Waals surface area contributed by atoms with Crippen LogP contribution in [0.15, 0.2) is 21.1 Å². The molecule has 0 amide bonds. The number of hydrogen-bond donors (Lipinski definition) is 1. The highest BCUT2D eigenvalue weighted by atomic mass is 79.9. The van der Waals surface area contributed by atoms with Crippen molar-refractivity contribution < 1.29 is 4.74 Å². The minimum atomic E-state index is 0.682. The second-order valence-corrected chi connectivity index (χ2v) is 7.16. The second-order valence-electron chi connectivity index (χ2n) is 5.39. The molecule has 3 nitrogen and oxygen atoms in total. The Hall–Kier alpha value is -0.100. The molecule has 0 spiro atoms. The van der Waals surface area contributed by atoms with Crippen molar-refractivity contribution in [3.05, 3.63) is 26.6 Å². The third-order valence-electron chi connectivity index (χ3n) is 3.74. The number of likely N-dealkylation sites (tertiary alicyclic amines) is 1. The number of halogens is 2. The summed E-state index contributed by atoms with van der Waals surface area (Å²) < 4.78 is 7.83. The first-order chi connectivity index (χ1) is 10.2. The lowest BCUT2D eigenvalue weighted by Crippen LogP contribution is -2.35. The van der Waals surface area contributed by atoms with E-state index in [2.05, 4.69) is 48.1 Å². The Labute approximate surface area is 144 Å². The van der Waals surface area contributed by atoms with Gasteiger partial charge in [0.15, 0.2) is 0 Å². The van der Waals surface area contributed by atoms with Crippen molar-refractivity contribution in [2.45, 2.75) is 32.7 Å². The van der Waals surface area contributed by atoms with Crippen molar-refractivity contribution >= 4 is 31.9 Å². The summed E-state index contributed by atoms with van der Waals surface area (Å²) in [7, 11) is 0. The van der Waals surface area contributed by atoms with E-state index in [1.807, 2.05) is 13.0 Å². The number of benzene rings is 1. The molecule has 21 heavy (non-hydrogen) atoms. The predicted molar refractivity (Wildman–Crippen MR) is 95.0 cm³/mol. The van der Waals surface area contributed by atoms with Gasteiger partial charge >= 0.3 is 0 Å². The van der Waals surface area contributed by atoms with Gasteiger partial charge in [-0.05, 0) is 60.9 Å². The topological polar surface area (TPSA) is 24.5 Å². The van der Waals surface area contributed by atoms with Gasteiger partial charge in [0, 0.05) is 29.7 Å². The summed E-state index contributed by atoms with van der Waals surface area (Å²) in [5.41, 5.74) is 1.19. The van der Waals surface area contributed by atoms with Gasteiger partial charge in [-0.15, -0.1) is 0 Å². The highest BCUT2D eigenvalue weighted by Crippen LogP contribution is 2.32. The van der Waals surface area contributed by atoms with E-state index in [9.17, 15) is 0 Å². The fourth-order valence-electron chi connectivity index (χ4n) is 2.69. The Morgan fingerprint density at radius 2 is 1.95 bits per heavy atom. The Bertz CT molecular complexity index is 448. The number of piperidine rings is 1. The van der Waals surface area contributed by atoms with Crippen LogP contribution in [0.25, 0.3) is 0 Å². The fraction of sp³-hybridized carbons (Fsp3) is 0.625. The van der Waals surface area contributed by atoms with Crippen LogP contribution in [-0.2, 0) is 6.54 Å². The Morgan fingerprint density at radius 3 is 2.67 bits per heavy atom. The molecule has 1 fully saturated rings. The number of rotatable bonds is 7. The molecule has 1 aliphatic rings. The molecule has 2 rings (SSSR count). The van der Waals surface area contributed by atoms with Crippen molar-refractivity contribution in [1.82, 2.24) is 10.2 Å². The molecule has 0 aromatic heterocycles. The van der Waals surface area contributed by atoms with E-state index in [1.165, 1.54) is 37.9 Å². The van der Waals surface area contributed by atoms with E-state index in [-0.39, 0.29) is 0 Å². The number of ether oxygens (including phenoxy) is 1. The van der Waals surface area contributed by atoms with Crippen LogP contribution in [0.1, 0.15) is 31.7 Å². The minimum absolute atomic E-state index is 0.682. The van der Waals surface area contributed by atoms with E-state index in [4.69, 9.17) is 4.74 Å². The molecule has 1 aromatic carbocycles. The summed E-state index contributed by atoms with van der Waals surface area (Å²) in [6.45, 7) is 8.21. The van der Waals surface area contributed by atoms with Crippen molar-refractivity contribution in [3.63, 3.8) is 0 Å². The molecule has 1 aromatic rings. The van der Waals surface area contributed by atoms with Gasteiger partial charge in [-0.25, -0.2) is 0 Å². The summed E-state index contributed by atoms with van der Waals surface area (Å²) in [6, 6.07) is 4.16. The van der Waals surface area contributed by atoms with Crippen molar-refractivity contribution in [3.8, 4) is 5.75 Å². The standard InChI is InChI=1S/C16H24Br2N2O/c1-2-21-16-13(10-14(17)11-15(16)18)12-19-6-9-20-7-4-3-5-8-20/h10-11,19H,2-9,12H2,1H3. The van der Waals surface area contributed by atoms with Crippen LogP contribution in [-0.4, -0.2) is 37.7 Å². The zero-order valence-corrected chi connectivity index (χ0v) is 15.8. The molecular formula is C16H24Br2N2O. The zero-order chi connectivity index (χ0) is 15.1. The molecule has 5 heteroatoms. The van der Waals surface area contributed by atoms with Gasteiger partial charge in [-0.3, -0.25) is 0 Å². The molecule has 1 N–H and O–H groups in total. The molecule has 0 saturated carbocycles. The average molecular weight is 420 g/mol. The fourth-order valence-corrected chi connectivity index (χ4v) is 4.12. The molecule has 118 valence electrons. The third-order valence-corrected chi connectivity index (χ3v) is 4.79. The summed E-state index contributed by atoms with van der Waals surface area (Å²) in [6.07, 6.45) is 4.11. The lowest BCUT2D eigenvalue weighted by molar-refractivity contribution is 0.229. The summed E-state index contributed by atoms with van der Waals surface area (Å²) in [5, 5.41) is 3.54. The maximum Gasteiger partial charge on any atom is 0.138 e. The Morgan fingerprint density at radius 1 is 1.19 bits per heavy atom. The van der Waals surface area contributed by atoms with Gasteiger partial charge in [0.1, 0.15) is 5.75 Å². The maximum absolute atomic E-state index is 5.75. The first kappa shape index (κ1) is 17.3. The van der Waals surface area contributed by atoms with Gasteiger partial charge in [-0.1, -0.05) is 22.4 Å². The maximum atomic E-state index is 5.75. The smallest absolute Gasteiger partial charge is 0.138 e. The number of nitrogens with zero attached hydrogens (tertiary/aromatic N) is 1. The highest BCUT2D eigenvalue weighted by molar-refractivity contribution is 9.11. The van der Waals surface area contributed by atoms with Crippen LogP contribution < -0.4 is 10.1 Å². The van der Waals surface area contributed by atoms with Crippen molar-refractivity contribution in [2.75, 3.05) is 32.8 Å². The summed E-state index contributed by atoms with van der Waals surface area (Å²) in [4.78, 5) is 2.55. The molecule has 0 atom stereocenters. The van der Waals surface area contributed by atoms with Crippen molar-refractivity contribution in [2.24, 2.45) is 0 Å². The van der Waals surface area contributed by atoms with Crippen LogP contribution in [0.2, 0.25) is 0 Å². The average Bonchev–Trinajstić information content (AvgIpc) is 2.48. The second kappa shape index (κ2) is 9.13. The van der Waals surface area contributed by atoms with Gasteiger partial charge in [0.05, 0.1) is 11.1 Å². The first-order valence-electron chi connectivity index (χ1n) is 7.74. The van der Waals surface area contributed by atoms with Crippen LogP contribution in [0, 0.1) is 0 Å². The van der Waals surface area contributed by atoms with Crippen molar-refractivity contribution in [1.29, 1.82) is 0 Å². The summed E-state index contributed by atoms with van der Waals surface area (Å²) in [5.74, 6) is 0.950. The first-order valence-corrected chi connectivity index (χ1v) is 9.33. The molecular weight excluding hydrogens is 396 g/mol. The predicted octanol–water partition coefficient (Wildman–Crippen LogP) is 4.19. The SMILES string of the molecule is CCOc1c(Br)cc(Br)cc1CNCCN1CCCCC1. The van der Waals surface area contributed by atoms with Crippen LogP contribution in [0.4, 0.5) is 0 Å². The normalized spacial score (nSPS) is 16.1. The van der Waals surface area contributed by atoms with Gasteiger partial charge in [0.2, 0.25) is 0 Å². The van der Waals surface area contributed by atoms with E-state index in [0.717, 1.165) is 34.3 Å². The third kappa shape index (κ3) is 5.55. The van der Waals surface area contributed by atoms with E-state index >= 15 is 0 Å².